The number of carbonyl (C=O) groups is 1. The number of rotatable bonds is 5. The summed E-state index contributed by atoms with van der Waals surface area (Å²) in [5.41, 5.74) is -0.881. The standard InChI is InChI=1S/C12H25N3O2/c1-12(17,9-15(2)3)8-14-11(16)10-6-4-5-7-13-10/h10,13,17H,4-9H2,1-3H3,(H,14,16). The van der Waals surface area contributed by atoms with Crippen LogP contribution in [0, 0.1) is 0 Å². The first-order valence-corrected chi connectivity index (χ1v) is 6.29. The summed E-state index contributed by atoms with van der Waals surface area (Å²) >= 11 is 0. The van der Waals surface area contributed by atoms with Crippen LogP contribution in [0.25, 0.3) is 0 Å². The molecule has 0 radical (unpaired) electrons. The highest BCUT2D eigenvalue weighted by molar-refractivity contribution is 5.81. The molecule has 1 rings (SSSR count). The Morgan fingerprint density at radius 1 is 1.53 bits per heavy atom. The number of nitrogens with zero attached hydrogens (tertiary/aromatic N) is 1. The van der Waals surface area contributed by atoms with Gasteiger partial charge in [-0.25, -0.2) is 0 Å². The lowest BCUT2D eigenvalue weighted by molar-refractivity contribution is -0.124. The Morgan fingerprint density at radius 3 is 2.76 bits per heavy atom. The van der Waals surface area contributed by atoms with Gasteiger partial charge in [0.15, 0.2) is 0 Å². The molecule has 5 heteroatoms. The maximum atomic E-state index is 11.8. The Balaban J connectivity index is 2.31. The number of amides is 1. The van der Waals surface area contributed by atoms with Crippen LogP contribution in [0.4, 0.5) is 0 Å². The van der Waals surface area contributed by atoms with Crippen LogP contribution in [0.1, 0.15) is 26.2 Å². The number of hydrogen-bond acceptors (Lipinski definition) is 4. The molecule has 0 aromatic heterocycles. The highest BCUT2D eigenvalue weighted by Gasteiger charge is 2.25. The van der Waals surface area contributed by atoms with E-state index < -0.39 is 5.60 Å². The van der Waals surface area contributed by atoms with Crippen molar-refractivity contribution in [2.24, 2.45) is 0 Å². The fourth-order valence-electron chi connectivity index (χ4n) is 2.21. The molecule has 0 aliphatic carbocycles. The number of nitrogens with one attached hydrogen (secondary N) is 2. The van der Waals surface area contributed by atoms with Crippen LogP contribution in [-0.4, -0.2) is 61.3 Å². The van der Waals surface area contributed by atoms with Gasteiger partial charge < -0.3 is 20.6 Å². The van der Waals surface area contributed by atoms with Gasteiger partial charge in [0.25, 0.3) is 0 Å². The molecule has 2 atom stereocenters. The summed E-state index contributed by atoms with van der Waals surface area (Å²) in [6.45, 7) is 3.47. The zero-order chi connectivity index (χ0) is 12.9. The van der Waals surface area contributed by atoms with E-state index in [2.05, 4.69) is 10.6 Å². The SMILES string of the molecule is CN(C)CC(C)(O)CNC(=O)C1CCCCN1. The molecule has 2 unspecified atom stereocenters. The van der Waals surface area contributed by atoms with Crippen molar-refractivity contribution in [3.8, 4) is 0 Å². The van der Waals surface area contributed by atoms with E-state index in [4.69, 9.17) is 0 Å². The van der Waals surface area contributed by atoms with Crippen molar-refractivity contribution in [3.05, 3.63) is 0 Å². The Kier molecular flexibility index (Phi) is 5.36. The zero-order valence-electron chi connectivity index (χ0n) is 11.1. The third-order valence-corrected chi connectivity index (χ3v) is 2.93. The van der Waals surface area contributed by atoms with Crippen molar-refractivity contribution in [2.45, 2.75) is 37.8 Å². The first kappa shape index (κ1) is 14.4. The number of piperidine rings is 1. The molecule has 0 aromatic carbocycles. The second-order valence-electron chi connectivity index (χ2n) is 5.46. The topological polar surface area (TPSA) is 64.6 Å². The summed E-state index contributed by atoms with van der Waals surface area (Å²) < 4.78 is 0. The molecule has 0 spiro atoms. The molecule has 1 aliphatic rings. The summed E-state index contributed by atoms with van der Waals surface area (Å²) in [6.07, 6.45) is 3.13. The average molecular weight is 243 g/mol. The highest BCUT2D eigenvalue weighted by atomic mass is 16.3. The smallest absolute Gasteiger partial charge is 0.237 e. The van der Waals surface area contributed by atoms with Crippen LogP contribution in [0.2, 0.25) is 0 Å². The van der Waals surface area contributed by atoms with Crippen molar-refractivity contribution in [1.29, 1.82) is 0 Å². The lowest BCUT2D eigenvalue weighted by atomic mass is 10.0. The summed E-state index contributed by atoms with van der Waals surface area (Å²) in [5.74, 6) is 0.00345. The molecule has 1 heterocycles. The van der Waals surface area contributed by atoms with Crippen LogP contribution in [0.5, 0.6) is 0 Å². The Hall–Kier alpha value is -0.650. The first-order chi connectivity index (χ1) is 7.91. The molecule has 1 aliphatic heterocycles. The molecule has 1 saturated heterocycles. The molecular formula is C12H25N3O2. The van der Waals surface area contributed by atoms with Crippen LogP contribution in [0.3, 0.4) is 0 Å². The van der Waals surface area contributed by atoms with Crippen molar-refractivity contribution >= 4 is 5.91 Å². The quantitative estimate of drug-likeness (QED) is 0.612. The van der Waals surface area contributed by atoms with Gasteiger partial charge in [-0.05, 0) is 40.4 Å². The Bertz CT molecular complexity index is 248. The van der Waals surface area contributed by atoms with Gasteiger partial charge in [-0.15, -0.1) is 0 Å². The predicted molar refractivity (Wildman–Crippen MR) is 67.8 cm³/mol. The number of likely N-dealkylation sites (N-methyl/N-ethyl adjacent to an activating group) is 1. The normalized spacial score (nSPS) is 24.4. The molecule has 1 amide bonds. The van der Waals surface area contributed by atoms with Gasteiger partial charge in [0.2, 0.25) is 5.91 Å². The molecule has 0 saturated carbocycles. The minimum Gasteiger partial charge on any atom is -0.387 e. The first-order valence-electron chi connectivity index (χ1n) is 6.29. The lowest BCUT2D eigenvalue weighted by Crippen LogP contribution is -2.52. The number of carbonyl (C=O) groups excluding carboxylic acids is 1. The Labute approximate surface area is 104 Å². The summed E-state index contributed by atoms with van der Waals surface area (Å²) in [5, 5.41) is 16.1. The Morgan fingerprint density at radius 2 is 2.24 bits per heavy atom. The molecule has 5 nitrogen and oxygen atoms in total. The second-order valence-corrected chi connectivity index (χ2v) is 5.46. The average Bonchev–Trinajstić information content (AvgIpc) is 2.25. The number of aliphatic hydroxyl groups is 1. The van der Waals surface area contributed by atoms with E-state index in [0.717, 1.165) is 25.8 Å². The summed E-state index contributed by atoms with van der Waals surface area (Å²) in [4.78, 5) is 13.7. The largest absolute Gasteiger partial charge is 0.387 e. The predicted octanol–water partition coefficient (Wildman–Crippen LogP) is -0.443. The summed E-state index contributed by atoms with van der Waals surface area (Å²) in [6, 6.07) is -0.0843. The maximum absolute atomic E-state index is 11.8. The fourth-order valence-corrected chi connectivity index (χ4v) is 2.21. The van der Waals surface area contributed by atoms with Gasteiger partial charge in [0.05, 0.1) is 11.6 Å². The van der Waals surface area contributed by atoms with Gasteiger partial charge >= 0.3 is 0 Å². The van der Waals surface area contributed by atoms with E-state index in [1.54, 1.807) is 6.92 Å². The van der Waals surface area contributed by atoms with E-state index in [1.807, 2.05) is 19.0 Å². The molecule has 17 heavy (non-hydrogen) atoms. The fraction of sp³-hybridized carbons (Fsp3) is 0.917. The van der Waals surface area contributed by atoms with Crippen molar-refractivity contribution in [3.63, 3.8) is 0 Å². The van der Waals surface area contributed by atoms with E-state index in [9.17, 15) is 9.90 Å². The molecular weight excluding hydrogens is 218 g/mol. The van der Waals surface area contributed by atoms with Gasteiger partial charge in [-0.3, -0.25) is 4.79 Å². The van der Waals surface area contributed by atoms with Crippen molar-refractivity contribution in [1.82, 2.24) is 15.5 Å². The zero-order valence-corrected chi connectivity index (χ0v) is 11.1. The van der Waals surface area contributed by atoms with Crippen molar-refractivity contribution < 1.29 is 9.90 Å². The maximum Gasteiger partial charge on any atom is 0.237 e. The third kappa shape index (κ3) is 5.48. The molecule has 0 bridgehead atoms. The van der Waals surface area contributed by atoms with Crippen LogP contribution < -0.4 is 10.6 Å². The molecule has 1 fully saturated rings. The summed E-state index contributed by atoms with van der Waals surface area (Å²) in [7, 11) is 3.80. The van der Waals surface area contributed by atoms with E-state index in [-0.39, 0.29) is 11.9 Å². The van der Waals surface area contributed by atoms with Crippen LogP contribution in [0.15, 0.2) is 0 Å². The molecule has 100 valence electrons. The van der Waals surface area contributed by atoms with E-state index >= 15 is 0 Å². The van der Waals surface area contributed by atoms with Crippen LogP contribution in [-0.2, 0) is 4.79 Å². The number of hydrogen-bond donors (Lipinski definition) is 3. The monoisotopic (exact) mass is 243 g/mol. The van der Waals surface area contributed by atoms with Gasteiger partial charge in [-0.1, -0.05) is 6.42 Å². The van der Waals surface area contributed by atoms with E-state index in [1.165, 1.54) is 0 Å². The third-order valence-electron chi connectivity index (χ3n) is 2.93. The van der Waals surface area contributed by atoms with Gasteiger partial charge in [0.1, 0.15) is 0 Å². The minimum absolute atomic E-state index is 0.00345. The van der Waals surface area contributed by atoms with Gasteiger partial charge in [0, 0.05) is 13.1 Å². The van der Waals surface area contributed by atoms with Crippen LogP contribution >= 0.6 is 0 Å². The van der Waals surface area contributed by atoms with E-state index in [0.29, 0.717) is 13.1 Å². The minimum atomic E-state index is -0.881. The lowest BCUT2D eigenvalue weighted by Gasteiger charge is -2.29. The van der Waals surface area contributed by atoms with Crippen molar-refractivity contribution in [2.75, 3.05) is 33.7 Å². The second kappa shape index (κ2) is 6.33. The highest BCUT2D eigenvalue weighted by Crippen LogP contribution is 2.08. The molecule has 3 N–H and O–H groups in total. The molecule has 0 aromatic rings. The van der Waals surface area contributed by atoms with Gasteiger partial charge in [-0.2, -0.15) is 0 Å².